The predicted octanol–water partition coefficient (Wildman–Crippen LogP) is 4.59. The minimum atomic E-state index is 0.0381. The van der Waals surface area contributed by atoms with E-state index < -0.39 is 0 Å². The maximum atomic E-state index is 13.5. The first-order chi connectivity index (χ1) is 15.1. The first kappa shape index (κ1) is 23.8. The fraction of sp³-hybridized carbons (Fsp3) is 0.481. The Hall–Kier alpha value is -2.82. The molecule has 0 aromatic heterocycles. The standard InChI is InChI=1S/C27H38N4O/c1-10-21(11-2)31-25-23(22(26(31)32)13-16(4)5)20(9)28-27(29-25)30(12-3)24-18(7)14-17(6)15-19(24)8/h13-16,21H,9-12H2,1-8H3,(H,28,29). The van der Waals surface area contributed by atoms with Crippen LogP contribution in [0.15, 0.2) is 16.9 Å². The van der Waals surface area contributed by atoms with Gasteiger partial charge < -0.3 is 9.88 Å². The van der Waals surface area contributed by atoms with Crippen molar-refractivity contribution < 1.29 is 0 Å². The summed E-state index contributed by atoms with van der Waals surface area (Å²) in [5, 5.41) is 2.29. The van der Waals surface area contributed by atoms with Gasteiger partial charge in [0.15, 0.2) is 0 Å². The van der Waals surface area contributed by atoms with Crippen molar-refractivity contribution in [1.29, 1.82) is 0 Å². The number of benzene rings is 1. The molecule has 0 amide bonds. The van der Waals surface area contributed by atoms with Gasteiger partial charge in [-0.05, 0) is 57.6 Å². The van der Waals surface area contributed by atoms with Crippen LogP contribution in [0.5, 0.6) is 0 Å². The number of nitrogens with one attached hydrogen (secondary N) is 1. The van der Waals surface area contributed by atoms with E-state index >= 15 is 0 Å². The van der Waals surface area contributed by atoms with Crippen molar-refractivity contribution in [3.05, 3.63) is 60.4 Å². The molecule has 1 aromatic carbocycles. The fourth-order valence-electron chi connectivity index (χ4n) is 4.93. The van der Waals surface area contributed by atoms with Crippen LogP contribution in [-0.2, 0) is 0 Å². The molecule has 2 aliphatic heterocycles. The molecule has 0 atom stereocenters. The summed E-state index contributed by atoms with van der Waals surface area (Å²) in [6.07, 6.45) is 3.80. The number of H-pyrrole nitrogens is 1. The number of aromatic nitrogens is 3. The molecule has 0 aliphatic carbocycles. The Morgan fingerprint density at radius 1 is 1.12 bits per heavy atom. The van der Waals surface area contributed by atoms with Crippen molar-refractivity contribution in [3.8, 4) is 0 Å². The second-order valence-corrected chi connectivity index (χ2v) is 9.20. The maximum absolute atomic E-state index is 13.5. The Bertz CT molecular complexity index is 1320. The van der Waals surface area contributed by atoms with Gasteiger partial charge >= 0.3 is 0 Å². The van der Waals surface area contributed by atoms with Crippen LogP contribution in [0.1, 0.15) is 70.2 Å². The van der Waals surface area contributed by atoms with E-state index in [1.165, 1.54) is 16.7 Å². The van der Waals surface area contributed by atoms with Gasteiger partial charge in [-0.1, -0.05) is 58.0 Å². The summed E-state index contributed by atoms with van der Waals surface area (Å²) in [5.74, 6) is 0.980. The highest BCUT2D eigenvalue weighted by Gasteiger charge is 2.20. The van der Waals surface area contributed by atoms with Gasteiger partial charge in [0.2, 0.25) is 5.95 Å². The van der Waals surface area contributed by atoms with Crippen molar-refractivity contribution in [2.75, 3.05) is 11.4 Å². The van der Waals surface area contributed by atoms with Crippen LogP contribution < -0.4 is 21.0 Å². The first-order valence-electron chi connectivity index (χ1n) is 11.8. The Labute approximate surface area is 191 Å². The number of anilines is 2. The van der Waals surface area contributed by atoms with Crippen molar-refractivity contribution in [2.45, 2.75) is 74.3 Å². The molecule has 5 nitrogen and oxygen atoms in total. The highest BCUT2D eigenvalue weighted by Crippen LogP contribution is 2.30. The average molecular weight is 435 g/mol. The summed E-state index contributed by atoms with van der Waals surface area (Å²) in [7, 11) is 0. The molecule has 32 heavy (non-hydrogen) atoms. The molecule has 172 valence electrons. The largest absolute Gasteiger partial charge is 0.325 e. The number of nitrogens with zero attached hydrogens (tertiary/aromatic N) is 3. The Morgan fingerprint density at radius 2 is 1.72 bits per heavy atom. The smallest absolute Gasteiger partial charge is 0.260 e. The maximum Gasteiger partial charge on any atom is 0.260 e. The van der Waals surface area contributed by atoms with E-state index in [1.54, 1.807) is 0 Å². The van der Waals surface area contributed by atoms with Crippen molar-refractivity contribution in [2.24, 2.45) is 5.92 Å². The van der Waals surface area contributed by atoms with E-state index in [-0.39, 0.29) is 17.5 Å². The quantitative estimate of drug-likeness (QED) is 0.592. The van der Waals surface area contributed by atoms with Crippen LogP contribution in [-0.4, -0.2) is 21.1 Å². The van der Waals surface area contributed by atoms with E-state index in [2.05, 4.69) is 84.0 Å². The zero-order valence-electron chi connectivity index (χ0n) is 21.0. The molecule has 0 saturated carbocycles. The Morgan fingerprint density at radius 3 is 2.22 bits per heavy atom. The summed E-state index contributed by atoms with van der Waals surface area (Å²) in [6.45, 7) is 22.0. The van der Waals surface area contributed by atoms with Crippen LogP contribution >= 0.6 is 0 Å². The summed E-state index contributed by atoms with van der Waals surface area (Å²) < 4.78 is 1.90. The third kappa shape index (κ3) is 4.13. The van der Waals surface area contributed by atoms with E-state index in [0.29, 0.717) is 5.22 Å². The van der Waals surface area contributed by atoms with Crippen LogP contribution in [0.4, 0.5) is 11.6 Å². The molecule has 0 radical (unpaired) electrons. The molecule has 0 fully saturated rings. The second-order valence-electron chi connectivity index (χ2n) is 9.20. The lowest BCUT2D eigenvalue weighted by Crippen LogP contribution is -2.33. The number of hydrogen-bond donors (Lipinski definition) is 1. The van der Waals surface area contributed by atoms with Gasteiger partial charge in [0, 0.05) is 28.8 Å². The predicted molar refractivity (Wildman–Crippen MR) is 135 cm³/mol. The van der Waals surface area contributed by atoms with Gasteiger partial charge in [-0.25, -0.2) is 0 Å². The van der Waals surface area contributed by atoms with Crippen LogP contribution in [0.2, 0.25) is 0 Å². The molecule has 0 saturated heterocycles. The molecule has 1 N–H and O–H groups in total. The molecule has 0 unspecified atom stereocenters. The molecule has 1 aromatic rings. The number of aryl methyl sites for hydroxylation is 3. The lowest BCUT2D eigenvalue weighted by Gasteiger charge is -2.26. The molecule has 5 heteroatoms. The van der Waals surface area contributed by atoms with Gasteiger partial charge in [-0.3, -0.25) is 9.36 Å². The third-order valence-electron chi connectivity index (χ3n) is 6.23. The van der Waals surface area contributed by atoms with Gasteiger partial charge in [-0.15, -0.1) is 0 Å². The summed E-state index contributed by atoms with van der Waals surface area (Å²) >= 11 is 0. The number of rotatable bonds is 7. The van der Waals surface area contributed by atoms with Gasteiger partial charge in [-0.2, -0.15) is 4.98 Å². The van der Waals surface area contributed by atoms with E-state index in [0.717, 1.165) is 47.1 Å². The number of hydrogen-bond acceptors (Lipinski definition) is 3. The second kappa shape index (κ2) is 9.35. The average Bonchev–Trinajstić information content (AvgIpc) is 2.97. The van der Waals surface area contributed by atoms with E-state index in [4.69, 9.17) is 4.98 Å². The molecule has 2 aliphatic rings. The molecular weight excluding hydrogens is 396 g/mol. The highest BCUT2D eigenvalue weighted by molar-refractivity contribution is 5.66. The molecule has 0 spiro atoms. The molecule has 3 rings (SSSR count). The fourth-order valence-corrected chi connectivity index (χ4v) is 4.93. The minimum absolute atomic E-state index is 0.0381. The monoisotopic (exact) mass is 434 g/mol. The first-order valence-corrected chi connectivity index (χ1v) is 11.8. The molecule has 0 bridgehead atoms. The zero-order chi connectivity index (χ0) is 23.7. The topological polar surface area (TPSA) is 53.9 Å². The van der Waals surface area contributed by atoms with Gasteiger partial charge in [0.25, 0.3) is 5.56 Å². The molecule has 2 heterocycles. The Kier molecular flexibility index (Phi) is 6.97. The summed E-state index contributed by atoms with van der Waals surface area (Å²) in [6, 6.07) is 4.51. The lowest BCUT2D eigenvalue weighted by atomic mass is 10.0. The highest BCUT2D eigenvalue weighted by atomic mass is 16.1. The van der Waals surface area contributed by atoms with Crippen LogP contribution in [0.25, 0.3) is 12.7 Å². The minimum Gasteiger partial charge on any atom is -0.325 e. The zero-order valence-corrected chi connectivity index (χ0v) is 21.0. The number of aromatic amines is 1. The normalized spacial score (nSPS) is 12.5. The van der Waals surface area contributed by atoms with Gasteiger partial charge in [0.05, 0.1) is 5.22 Å². The summed E-state index contributed by atoms with van der Waals surface area (Å²) in [5.41, 5.74) is 5.58. The summed E-state index contributed by atoms with van der Waals surface area (Å²) in [4.78, 5) is 24.2. The van der Waals surface area contributed by atoms with Crippen molar-refractivity contribution >= 4 is 24.3 Å². The van der Waals surface area contributed by atoms with E-state index in [1.807, 2.05) is 10.6 Å². The van der Waals surface area contributed by atoms with E-state index in [9.17, 15) is 4.79 Å². The van der Waals surface area contributed by atoms with Crippen molar-refractivity contribution in [1.82, 2.24) is 14.5 Å². The lowest BCUT2D eigenvalue weighted by molar-refractivity contribution is 0.448. The SMILES string of the molecule is C=c1[nH]c(N(CC)c2c(C)cc(C)cc2C)nc2n(C(CC)CC)c(=O)c(=CC(C)C)c1=2. The third-order valence-corrected chi connectivity index (χ3v) is 6.23. The Balaban J connectivity index is 2.43. The van der Waals surface area contributed by atoms with Crippen molar-refractivity contribution in [3.63, 3.8) is 0 Å². The molecular formula is C27H38N4O. The van der Waals surface area contributed by atoms with Gasteiger partial charge in [0.1, 0.15) is 5.48 Å². The van der Waals surface area contributed by atoms with Crippen LogP contribution in [0, 0.1) is 37.4 Å². The van der Waals surface area contributed by atoms with Crippen LogP contribution in [0.3, 0.4) is 0 Å².